The Hall–Kier alpha value is -4.25. The fraction of sp³-hybridized carbons (Fsp3) is 0. The number of hydrogen-bond donors (Lipinski definition) is 4. The standard InChI is InChI=1S/C20H16N2O8S/c23-17(9-11-19(25)26)21-13-1-5-15(6-2-13)31(29,30)16-7-3-14(4-8-16)22-18(24)10-12-20(27)28/h1-12H,(H,21,23)(H,22,24)(H,25,26)(H,27,28)/b11-9-,12-10-. The molecule has 2 aromatic carbocycles. The van der Waals surface area contributed by atoms with Gasteiger partial charge in [-0.2, -0.15) is 0 Å². The van der Waals surface area contributed by atoms with Gasteiger partial charge in [0.25, 0.3) is 0 Å². The van der Waals surface area contributed by atoms with E-state index in [2.05, 4.69) is 10.6 Å². The fourth-order valence-corrected chi connectivity index (χ4v) is 3.49. The van der Waals surface area contributed by atoms with Crippen LogP contribution in [-0.2, 0) is 29.0 Å². The first-order valence-electron chi connectivity index (χ1n) is 8.47. The number of rotatable bonds is 8. The molecule has 0 aliphatic rings. The van der Waals surface area contributed by atoms with Gasteiger partial charge >= 0.3 is 11.9 Å². The molecule has 31 heavy (non-hydrogen) atoms. The number of carboxylic acid groups (broad SMARTS) is 2. The number of benzene rings is 2. The van der Waals surface area contributed by atoms with E-state index >= 15 is 0 Å². The number of carboxylic acids is 2. The van der Waals surface area contributed by atoms with Gasteiger partial charge in [-0.15, -0.1) is 0 Å². The van der Waals surface area contributed by atoms with E-state index in [-0.39, 0.29) is 21.2 Å². The van der Waals surface area contributed by atoms with Gasteiger partial charge in [-0.3, -0.25) is 9.59 Å². The lowest BCUT2D eigenvalue weighted by atomic mass is 10.3. The molecule has 11 heteroatoms. The molecule has 0 spiro atoms. The Morgan fingerprint density at radius 2 is 0.935 bits per heavy atom. The number of sulfone groups is 1. The molecule has 2 rings (SSSR count). The molecule has 0 saturated carbocycles. The van der Waals surface area contributed by atoms with Gasteiger partial charge in [-0.1, -0.05) is 0 Å². The lowest BCUT2D eigenvalue weighted by molar-refractivity contribution is -0.132. The third-order valence-corrected chi connectivity index (χ3v) is 5.40. The molecule has 0 heterocycles. The highest BCUT2D eigenvalue weighted by Crippen LogP contribution is 2.23. The molecule has 0 bridgehead atoms. The monoisotopic (exact) mass is 444 g/mol. The zero-order valence-electron chi connectivity index (χ0n) is 15.7. The third kappa shape index (κ3) is 6.94. The summed E-state index contributed by atoms with van der Waals surface area (Å²) >= 11 is 0. The Morgan fingerprint density at radius 3 is 1.23 bits per heavy atom. The summed E-state index contributed by atoms with van der Waals surface area (Å²) in [6, 6.07) is 10.5. The van der Waals surface area contributed by atoms with E-state index in [1.165, 1.54) is 48.5 Å². The van der Waals surface area contributed by atoms with Crippen LogP contribution in [0.5, 0.6) is 0 Å². The highest BCUT2D eigenvalue weighted by molar-refractivity contribution is 7.91. The minimum atomic E-state index is -3.88. The molecule has 160 valence electrons. The van der Waals surface area contributed by atoms with E-state index < -0.39 is 33.6 Å². The minimum Gasteiger partial charge on any atom is -0.478 e. The zero-order chi connectivity index (χ0) is 23.0. The lowest BCUT2D eigenvalue weighted by Crippen LogP contribution is -2.09. The van der Waals surface area contributed by atoms with Crippen LogP contribution in [0.25, 0.3) is 0 Å². The second kappa shape index (κ2) is 9.98. The lowest BCUT2D eigenvalue weighted by Gasteiger charge is -2.08. The molecule has 10 nitrogen and oxygen atoms in total. The first-order valence-corrected chi connectivity index (χ1v) is 9.95. The summed E-state index contributed by atoms with van der Waals surface area (Å²) in [5.41, 5.74) is 0.540. The van der Waals surface area contributed by atoms with Gasteiger partial charge in [-0.05, 0) is 48.5 Å². The quantitative estimate of drug-likeness (QED) is 0.446. The molecule has 0 radical (unpaired) electrons. The molecule has 0 unspecified atom stereocenters. The normalized spacial score (nSPS) is 11.4. The van der Waals surface area contributed by atoms with Crippen molar-refractivity contribution in [2.24, 2.45) is 0 Å². The van der Waals surface area contributed by atoms with Crippen LogP contribution < -0.4 is 10.6 Å². The maximum Gasteiger partial charge on any atom is 0.328 e. The first kappa shape index (κ1) is 23.0. The van der Waals surface area contributed by atoms with Crippen molar-refractivity contribution in [1.82, 2.24) is 0 Å². The second-order valence-electron chi connectivity index (χ2n) is 5.87. The summed E-state index contributed by atoms with van der Waals surface area (Å²) in [5.74, 6) is -3.93. The average Bonchev–Trinajstić information content (AvgIpc) is 2.71. The average molecular weight is 444 g/mol. The molecule has 0 aliphatic heterocycles. The van der Waals surface area contributed by atoms with Gasteiger partial charge in [0.2, 0.25) is 21.7 Å². The number of carbonyl (C=O) groups is 4. The zero-order valence-corrected chi connectivity index (χ0v) is 16.5. The number of anilines is 2. The third-order valence-electron chi connectivity index (χ3n) is 3.62. The smallest absolute Gasteiger partial charge is 0.328 e. The molecule has 0 aromatic heterocycles. The van der Waals surface area contributed by atoms with Crippen LogP contribution in [0.3, 0.4) is 0 Å². The summed E-state index contributed by atoms with van der Waals surface area (Å²) < 4.78 is 25.5. The van der Waals surface area contributed by atoms with Crippen LogP contribution in [0.4, 0.5) is 11.4 Å². The van der Waals surface area contributed by atoms with Crippen LogP contribution in [-0.4, -0.2) is 42.4 Å². The Kier molecular flexibility index (Phi) is 7.42. The van der Waals surface area contributed by atoms with Gasteiger partial charge in [0.15, 0.2) is 0 Å². The molecule has 2 amide bonds. The van der Waals surface area contributed by atoms with Gasteiger partial charge in [0.05, 0.1) is 9.79 Å². The van der Waals surface area contributed by atoms with E-state index in [1.54, 1.807) is 0 Å². The molecule has 0 atom stereocenters. The molecule has 0 fully saturated rings. The highest BCUT2D eigenvalue weighted by Gasteiger charge is 2.17. The molecule has 0 aliphatic carbocycles. The number of nitrogens with one attached hydrogen (secondary N) is 2. The first-order chi connectivity index (χ1) is 14.6. The van der Waals surface area contributed by atoms with Gasteiger partial charge in [0, 0.05) is 35.7 Å². The Bertz CT molecular complexity index is 1080. The minimum absolute atomic E-state index is 0.0484. The SMILES string of the molecule is O=C(O)/C=C\C(=O)Nc1ccc(S(=O)(=O)c2ccc(NC(=O)/C=C\C(=O)O)cc2)cc1. The van der Waals surface area contributed by atoms with Crippen molar-refractivity contribution in [3.05, 3.63) is 72.8 Å². The summed E-state index contributed by atoms with van der Waals surface area (Å²) in [6.07, 6.45) is 2.99. The van der Waals surface area contributed by atoms with Crippen molar-refractivity contribution in [2.45, 2.75) is 9.79 Å². The molecule has 0 saturated heterocycles. The van der Waals surface area contributed by atoms with Crippen molar-refractivity contribution < 1.29 is 37.8 Å². The summed E-state index contributed by atoms with van der Waals surface area (Å²) in [7, 11) is -3.88. The van der Waals surface area contributed by atoms with Crippen LogP contribution in [0.15, 0.2) is 82.6 Å². The largest absolute Gasteiger partial charge is 0.478 e. The molecule has 4 N–H and O–H groups in total. The predicted octanol–water partition coefficient (Wildman–Crippen LogP) is 1.68. The molecular weight excluding hydrogens is 428 g/mol. The van der Waals surface area contributed by atoms with Crippen LogP contribution in [0.1, 0.15) is 0 Å². The van der Waals surface area contributed by atoms with E-state index in [4.69, 9.17) is 10.2 Å². The number of aliphatic carboxylic acids is 2. The summed E-state index contributed by atoms with van der Waals surface area (Å²) in [4.78, 5) is 43.8. The maximum absolute atomic E-state index is 12.7. The van der Waals surface area contributed by atoms with Crippen molar-refractivity contribution in [3.63, 3.8) is 0 Å². The van der Waals surface area contributed by atoms with E-state index in [1.807, 2.05) is 0 Å². The van der Waals surface area contributed by atoms with Gasteiger partial charge in [-0.25, -0.2) is 18.0 Å². The number of carbonyl (C=O) groups excluding carboxylic acids is 2. The van der Waals surface area contributed by atoms with Gasteiger partial charge < -0.3 is 20.8 Å². The van der Waals surface area contributed by atoms with Crippen LogP contribution in [0, 0.1) is 0 Å². The number of hydrogen-bond acceptors (Lipinski definition) is 6. The maximum atomic E-state index is 12.7. The molecular formula is C20H16N2O8S. The van der Waals surface area contributed by atoms with Crippen molar-refractivity contribution in [1.29, 1.82) is 0 Å². The Morgan fingerprint density at radius 1 is 0.613 bits per heavy atom. The van der Waals surface area contributed by atoms with Crippen LogP contribution >= 0.6 is 0 Å². The number of amides is 2. The van der Waals surface area contributed by atoms with Crippen molar-refractivity contribution >= 4 is 45.0 Å². The van der Waals surface area contributed by atoms with Crippen LogP contribution in [0.2, 0.25) is 0 Å². The van der Waals surface area contributed by atoms with E-state index in [0.717, 1.165) is 12.2 Å². The van der Waals surface area contributed by atoms with E-state index in [9.17, 15) is 27.6 Å². The highest BCUT2D eigenvalue weighted by atomic mass is 32.2. The Balaban J connectivity index is 2.11. The topological polar surface area (TPSA) is 167 Å². The molecule has 2 aromatic rings. The predicted molar refractivity (Wildman–Crippen MR) is 109 cm³/mol. The van der Waals surface area contributed by atoms with Crippen molar-refractivity contribution in [3.8, 4) is 0 Å². The Labute approximate surface area is 176 Å². The fourth-order valence-electron chi connectivity index (χ4n) is 2.23. The van der Waals surface area contributed by atoms with Crippen molar-refractivity contribution in [2.75, 3.05) is 10.6 Å². The van der Waals surface area contributed by atoms with E-state index in [0.29, 0.717) is 12.2 Å². The summed E-state index contributed by atoms with van der Waals surface area (Å²) in [6.45, 7) is 0. The summed E-state index contributed by atoms with van der Waals surface area (Å²) in [5, 5.41) is 21.8. The second-order valence-corrected chi connectivity index (χ2v) is 7.82. The van der Waals surface area contributed by atoms with Gasteiger partial charge in [0.1, 0.15) is 0 Å².